The van der Waals surface area contributed by atoms with E-state index in [1.165, 1.54) is 26.1 Å². The molecule has 2 aliphatic heterocycles. The lowest BCUT2D eigenvalue weighted by molar-refractivity contribution is -0.272. The maximum Gasteiger partial charge on any atom is 0.417 e. The van der Waals surface area contributed by atoms with E-state index in [9.17, 15) is 22.4 Å². The molecule has 0 bridgehead atoms. The van der Waals surface area contributed by atoms with Gasteiger partial charge in [-0.15, -0.1) is 0 Å². The number of hydrogen-bond acceptors (Lipinski definition) is 6. The Labute approximate surface area is 218 Å². The van der Waals surface area contributed by atoms with E-state index in [-0.39, 0.29) is 35.3 Å². The Morgan fingerprint density at radius 3 is 2.45 bits per heavy atom. The van der Waals surface area contributed by atoms with E-state index in [2.05, 4.69) is 10.3 Å². The van der Waals surface area contributed by atoms with E-state index in [4.69, 9.17) is 18.9 Å². The average molecular weight is 541 g/mol. The number of carbonyl (C=O) groups excluding carboxylic acids is 1. The van der Waals surface area contributed by atoms with Crippen LogP contribution in [0.1, 0.15) is 63.5 Å². The lowest BCUT2D eigenvalue weighted by atomic mass is 9.76. The number of ether oxygens (including phenoxy) is 4. The van der Waals surface area contributed by atoms with Crippen molar-refractivity contribution in [2.75, 3.05) is 18.5 Å². The van der Waals surface area contributed by atoms with Gasteiger partial charge in [-0.1, -0.05) is 13.0 Å². The molecule has 2 aromatic rings. The summed E-state index contributed by atoms with van der Waals surface area (Å²) in [6.07, 6.45) is -5.29. The Balaban J connectivity index is 1.65. The molecule has 0 unspecified atom stereocenters. The Morgan fingerprint density at radius 1 is 1.18 bits per heavy atom. The van der Waals surface area contributed by atoms with Crippen molar-refractivity contribution >= 4 is 11.6 Å². The van der Waals surface area contributed by atoms with Gasteiger partial charge in [0.2, 0.25) is 0 Å². The fourth-order valence-electron chi connectivity index (χ4n) is 5.03. The summed E-state index contributed by atoms with van der Waals surface area (Å²) in [6.45, 7) is 9.53. The predicted octanol–water partition coefficient (Wildman–Crippen LogP) is 5.83. The highest BCUT2D eigenvalue weighted by Gasteiger charge is 2.65. The van der Waals surface area contributed by atoms with Gasteiger partial charge in [0.15, 0.2) is 11.4 Å². The average Bonchev–Trinajstić information content (AvgIpc) is 3.34. The molecule has 7 nitrogen and oxygen atoms in total. The molecule has 1 N–H and O–H groups in total. The monoisotopic (exact) mass is 540 g/mol. The SMILES string of the molecule is CCOc1c([C@@H]2[C@@H](C(=O)Nc3ccc([C@@H]4COC(C)(C)O4)nc3)O[C@](C)(C(F)(F)F)[C@@H]2C)ccc(F)c1C. The second-order valence-electron chi connectivity index (χ2n) is 10.3. The zero-order valence-corrected chi connectivity index (χ0v) is 22.1. The highest BCUT2D eigenvalue weighted by Crippen LogP contribution is 2.55. The number of nitrogens with zero attached hydrogens (tertiary/aromatic N) is 1. The van der Waals surface area contributed by atoms with Gasteiger partial charge in [0.25, 0.3) is 5.91 Å². The van der Waals surface area contributed by atoms with E-state index in [1.54, 1.807) is 32.9 Å². The summed E-state index contributed by atoms with van der Waals surface area (Å²) in [5, 5.41) is 2.62. The van der Waals surface area contributed by atoms with Gasteiger partial charge in [-0.25, -0.2) is 4.39 Å². The number of nitrogens with one attached hydrogen (secondary N) is 1. The number of halogens is 4. The van der Waals surface area contributed by atoms with Gasteiger partial charge >= 0.3 is 6.18 Å². The first-order valence-corrected chi connectivity index (χ1v) is 12.4. The van der Waals surface area contributed by atoms with E-state index in [1.807, 2.05) is 0 Å². The molecule has 0 saturated carbocycles. The van der Waals surface area contributed by atoms with Crippen LogP contribution >= 0.6 is 0 Å². The van der Waals surface area contributed by atoms with Gasteiger partial charge in [-0.2, -0.15) is 13.2 Å². The largest absolute Gasteiger partial charge is 0.493 e. The number of rotatable bonds is 6. The molecule has 1 amide bonds. The summed E-state index contributed by atoms with van der Waals surface area (Å²) in [5.41, 5.74) is -1.34. The summed E-state index contributed by atoms with van der Waals surface area (Å²) in [7, 11) is 0. The lowest BCUT2D eigenvalue weighted by Crippen LogP contribution is -2.47. The van der Waals surface area contributed by atoms with Crippen molar-refractivity contribution in [3.8, 4) is 5.75 Å². The normalized spacial score (nSPS) is 28.9. The summed E-state index contributed by atoms with van der Waals surface area (Å²) < 4.78 is 79.5. The lowest BCUT2D eigenvalue weighted by Gasteiger charge is -2.32. The second-order valence-corrected chi connectivity index (χ2v) is 10.3. The minimum atomic E-state index is -4.76. The van der Waals surface area contributed by atoms with Crippen molar-refractivity contribution in [2.24, 2.45) is 5.92 Å². The minimum Gasteiger partial charge on any atom is -0.493 e. The Hall–Kier alpha value is -2.76. The third-order valence-corrected chi connectivity index (χ3v) is 7.34. The van der Waals surface area contributed by atoms with Gasteiger partial charge < -0.3 is 24.3 Å². The summed E-state index contributed by atoms with van der Waals surface area (Å²) in [5.74, 6) is -4.23. The van der Waals surface area contributed by atoms with Crippen LogP contribution in [0.5, 0.6) is 5.75 Å². The van der Waals surface area contributed by atoms with E-state index in [0.29, 0.717) is 12.3 Å². The van der Waals surface area contributed by atoms with E-state index < -0.39 is 47.2 Å². The fourth-order valence-corrected chi connectivity index (χ4v) is 5.03. The fraction of sp³-hybridized carbons (Fsp3) is 0.556. The predicted molar refractivity (Wildman–Crippen MR) is 130 cm³/mol. The van der Waals surface area contributed by atoms with Crippen molar-refractivity contribution in [3.05, 3.63) is 53.1 Å². The highest BCUT2D eigenvalue weighted by molar-refractivity contribution is 5.95. The number of hydrogen-bond donors (Lipinski definition) is 1. The van der Waals surface area contributed by atoms with Gasteiger partial charge in [-0.05, 0) is 52.8 Å². The zero-order chi connectivity index (χ0) is 28.0. The standard InChI is InChI=1S/C27H32F4N2O5/c1-7-35-22-14(2)18(28)10-9-17(22)21-15(3)26(6,27(29,30)31)38-23(21)24(34)33-16-8-11-19(32-12-16)20-13-36-25(4,5)37-20/h8-12,15,20-21,23H,7,13H2,1-6H3,(H,33,34)/t15-,20+,21-,23+,26+/m1/s1. The quantitative estimate of drug-likeness (QED) is 0.465. The number of amides is 1. The van der Waals surface area contributed by atoms with Gasteiger partial charge in [0.05, 0.1) is 30.8 Å². The molecule has 5 atom stereocenters. The molecule has 3 heterocycles. The van der Waals surface area contributed by atoms with Crippen LogP contribution in [0.3, 0.4) is 0 Å². The number of alkyl halides is 3. The molecule has 2 saturated heterocycles. The van der Waals surface area contributed by atoms with Crippen LogP contribution < -0.4 is 10.1 Å². The summed E-state index contributed by atoms with van der Waals surface area (Å²) in [4.78, 5) is 17.7. The Morgan fingerprint density at radius 2 is 1.89 bits per heavy atom. The Bertz CT molecular complexity index is 1190. The topological polar surface area (TPSA) is 78.9 Å². The van der Waals surface area contributed by atoms with Crippen LogP contribution in [0, 0.1) is 18.7 Å². The first kappa shape index (κ1) is 28.3. The molecule has 0 spiro atoms. The molecule has 0 radical (unpaired) electrons. The number of aromatic nitrogens is 1. The smallest absolute Gasteiger partial charge is 0.417 e. The summed E-state index contributed by atoms with van der Waals surface area (Å²) >= 11 is 0. The van der Waals surface area contributed by atoms with Crippen LogP contribution in [-0.4, -0.2) is 47.8 Å². The minimum absolute atomic E-state index is 0.116. The first-order valence-electron chi connectivity index (χ1n) is 12.4. The van der Waals surface area contributed by atoms with Crippen LogP contribution in [-0.2, 0) is 19.0 Å². The molecule has 1 aromatic carbocycles. The van der Waals surface area contributed by atoms with Crippen LogP contribution in [0.2, 0.25) is 0 Å². The molecular weight excluding hydrogens is 508 g/mol. The highest BCUT2D eigenvalue weighted by atomic mass is 19.4. The molecule has 0 aliphatic carbocycles. The van der Waals surface area contributed by atoms with Gasteiger partial charge in [0.1, 0.15) is 23.8 Å². The third kappa shape index (κ3) is 5.11. The van der Waals surface area contributed by atoms with Crippen LogP contribution in [0.25, 0.3) is 0 Å². The van der Waals surface area contributed by atoms with Crippen molar-refractivity contribution in [2.45, 2.75) is 77.2 Å². The van der Waals surface area contributed by atoms with Crippen LogP contribution in [0.15, 0.2) is 30.5 Å². The van der Waals surface area contributed by atoms with Crippen molar-refractivity contribution in [3.63, 3.8) is 0 Å². The van der Waals surface area contributed by atoms with Crippen LogP contribution in [0.4, 0.5) is 23.2 Å². The number of benzene rings is 1. The van der Waals surface area contributed by atoms with Crippen molar-refractivity contribution in [1.82, 2.24) is 4.98 Å². The van der Waals surface area contributed by atoms with Gasteiger partial charge in [-0.3, -0.25) is 9.78 Å². The maximum absolute atomic E-state index is 14.3. The number of carbonyl (C=O) groups is 1. The molecule has 38 heavy (non-hydrogen) atoms. The molecule has 2 aliphatic rings. The van der Waals surface area contributed by atoms with Crippen molar-refractivity contribution < 1.29 is 41.3 Å². The molecule has 4 rings (SSSR count). The van der Waals surface area contributed by atoms with E-state index in [0.717, 1.165) is 13.0 Å². The first-order chi connectivity index (χ1) is 17.7. The second kappa shape index (κ2) is 10.1. The zero-order valence-electron chi connectivity index (χ0n) is 22.1. The van der Waals surface area contributed by atoms with Gasteiger partial charge in [0, 0.05) is 23.0 Å². The Kier molecular flexibility index (Phi) is 7.50. The summed E-state index contributed by atoms with van der Waals surface area (Å²) in [6, 6.07) is 5.76. The maximum atomic E-state index is 14.3. The number of pyridine rings is 1. The molecule has 208 valence electrons. The third-order valence-electron chi connectivity index (χ3n) is 7.34. The molecular formula is C27H32F4N2O5. The molecule has 2 fully saturated rings. The molecule has 11 heteroatoms. The van der Waals surface area contributed by atoms with E-state index >= 15 is 0 Å². The number of anilines is 1. The molecule has 1 aromatic heterocycles. The van der Waals surface area contributed by atoms with Crippen molar-refractivity contribution in [1.29, 1.82) is 0 Å².